The Hall–Kier alpha value is -2.00. The molecule has 3 aliphatic heterocycles. The summed E-state index contributed by atoms with van der Waals surface area (Å²) in [6.45, 7) is 8.44. The van der Waals surface area contributed by atoms with Gasteiger partial charge in [-0.2, -0.15) is 0 Å². The van der Waals surface area contributed by atoms with E-state index in [-0.39, 0.29) is 0 Å². The molecule has 1 aromatic carbocycles. The summed E-state index contributed by atoms with van der Waals surface area (Å²) >= 11 is 0. The van der Waals surface area contributed by atoms with Crippen molar-refractivity contribution in [2.45, 2.75) is 141 Å². The number of epoxide rings is 3. The van der Waals surface area contributed by atoms with Crippen LogP contribution in [0.25, 0.3) is 0 Å². The lowest BCUT2D eigenvalue weighted by atomic mass is 10.0. The molecular weight excluding hydrogens is 560 g/mol. The van der Waals surface area contributed by atoms with Crippen LogP contribution in [0.4, 0.5) is 0 Å². The third-order valence-electron chi connectivity index (χ3n) is 8.16. The van der Waals surface area contributed by atoms with Gasteiger partial charge >= 0.3 is 11.9 Å². The fourth-order valence-electron chi connectivity index (χ4n) is 5.13. The molecule has 0 radical (unpaired) electrons. The summed E-state index contributed by atoms with van der Waals surface area (Å²) < 4.78 is 31.1. The molecule has 8 heteroatoms. The van der Waals surface area contributed by atoms with Gasteiger partial charge in [-0.15, -0.1) is 0 Å². The Morgan fingerprint density at radius 3 is 1.45 bits per heavy atom. The van der Waals surface area contributed by atoms with Crippen LogP contribution >= 0.6 is 0 Å². The van der Waals surface area contributed by atoms with Crippen molar-refractivity contribution in [2.75, 3.05) is 39.6 Å². The van der Waals surface area contributed by atoms with E-state index < -0.39 is 11.9 Å². The second-order valence-electron chi connectivity index (χ2n) is 12.3. The van der Waals surface area contributed by atoms with Crippen molar-refractivity contribution >= 4 is 11.9 Å². The van der Waals surface area contributed by atoms with Gasteiger partial charge < -0.3 is 28.4 Å². The number of unbranched alkanes of at least 4 members (excludes halogenated alkanes) is 10. The van der Waals surface area contributed by atoms with Crippen LogP contribution in [0.2, 0.25) is 0 Å². The second-order valence-corrected chi connectivity index (χ2v) is 12.3. The van der Waals surface area contributed by atoms with Crippen LogP contribution in [0.15, 0.2) is 24.3 Å². The number of rotatable bonds is 20. The van der Waals surface area contributed by atoms with Crippen molar-refractivity contribution in [3.63, 3.8) is 0 Å². The zero-order chi connectivity index (χ0) is 31.2. The van der Waals surface area contributed by atoms with E-state index in [1.807, 2.05) is 0 Å². The predicted molar refractivity (Wildman–Crippen MR) is 171 cm³/mol. The minimum absolute atomic E-state index is 0.293. The molecule has 250 valence electrons. The first-order valence-electron chi connectivity index (χ1n) is 17.5. The summed E-state index contributed by atoms with van der Waals surface area (Å²) in [5, 5.41) is 0. The number of ether oxygens (including phenoxy) is 6. The van der Waals surface area contributed by atoms with Gasteiger partial charge in [0.2, 0.25) is 0 Å². The maximum absolute atomic E-state index is 12.4. The molecule has 0 spiro atoms. The normalized spacial score (nSPS) is 22.3. The summed E-state index contributed by atoms with van der Waals surface area (Å²) in [7, 11) is 0. The van der Waals surface area contributed by atoms with Crippen LogP contribution in [-0.4, -0.2) is 76.0 Å². The average molecular weight is 619 g/mol. The summed E-state index contributed by atoms with van der Waals surface area (Å²) in [5.74, 6) is -0.888. The van der Waals surface area contributed by atoms with Crippen molar-refractivity contribution in [1.82, 2.24) is 0 Å². The van der Waals surface area contributed by atoms with E-state index in [2.05, 4.69) is 13.8 Å². The number of hydrogen-bond acceptors (Lipinski definition) is 8. The van der Waals surface area contributed by atoms with Crippen molar-refractivity contribution in [3.8, 4) is 0 Å². The highest BCUT2D eigenvalue weighted by Crippen LogP contribution is 2.35. The fourth-order valence-corrected chi connectivity index (χ4v) is 5.13. The van der Waals surface area contributed by atoms with E-state index in [0.717, 1.165) is 52.1 Å². The number of carbonyl (C=O) groups excluding carboxylic acids is 2. The Morgan fingerprint density at radius 2 is 1.07 bits per heavy atom. The molecular formula is C36H58O8. The molecule has 0 N–H and O–H groups in total. The van der Waals surface area contributed by atoms with Crippen molar-refractivity contribution in [2.24, 2.45) is 0 Å². The SMILES string of the molecule is C(OCC1CO1)C1CO1.C1CCC2OC2C1.CCCCCCCCOC(=O)c1ccccc1C(=O)OCCCCCCCC. The molecule has 0 amide bonds. The molecule has 0 aromatic heterocycles. The number of esters is 2. The Kier molecular flexibility index (Phi) is 18.6. The Bertz CT molecular complexity index is 842. The lowest BCUT2D eigenvalue weighted by molar-refractivity contribution is 0.0450. The van der Waals surface area contributed by atoms with Gasteiger partial charge in [-0.3, -0.25) is 0 Å². The lowest BCUT2D eigenvalue weighted by Crippen LogP contribution is -2.15. The van der Waals surface area contributed by atoms with Crippen LogP contribution < -0.4 is 0 Å². The topological polar surface area (TPSA) is 99.4 Å². The van der Waals surface area contributed by atoms with Crippen LogP contribution in [0.1, 0.15) is 137 Å². The van der Waals surface area contributed by atoms with Gasteiger partial charge in [0.25, 0.3) is 0 Å². The number of hydrogen-bond donors (Lipinski definition) is 0. The standard InChI is InChI=1S/C24H38O4.C6H10O3.C6H10O/c1-3-5-7-9-11-15-19-27-23(25)21-17-13-14-18-22(21)24(26)28-20-16-12-10-8-6-4-2;1(5-3-8-5)7-2-6-4-9-6;1-2-4-6-5(3-1)7-6/h13-14,17-18H,3-12,15-16,19-20H2,1-2H3;5-6H,1-4H2;5-6H,1-4H2. The van der Waals surface area contributed by atoms with Crippen LogP contribution in [-0.2, 0) is 28.4 Å². The Morgan fingerprint density at radius 1 is 0.659 bits per heavy atom. The quantitative estimate of drug-likeness (QED) is 0.0828. The fraction of sp³-hybridized carbons (Fsp3) is 0.778. The maximum Gasteiger partial charge on any atom is 0.339 e. The van der Waals surface area contributed by atoms with E-state index >= 15 is 0 Å². The highest BCUT2D eigenvalue weighted by Gasteiger charge is 2.39. The van der Waals surface area contributed by atoms with Crippen molar-refractivity contribution < 1.29 is 38.0 Å². The predicted octanol–water partition coefficient (Wildman–Crippen LogP) is 7.85. The summed E-state index contributed by atoms with van der Waals surface area (Å²) in [6, 6.07) is 6.74. The molecule has 4 unspecified atom stereocenters. The molecule has 3 saturated heterocycles. The van der Waals surface area contributed by atoms with Gasteiger partial charge in [-0.25, -0.2) is 9.59 Å². The van der Waals surface area contributed by atoms with E-state index in [1.54, 1.807) is 24.3 Å². The molecule has 1 aromatic rings. The minimum Gasteiger partial charge on any atom is -0.462 e. The third-order valence-corrected chi connectivity index (χ3v) is 8.16. The molecule has 4 fully saturated rings. The van der Waals surface area contributed by atoms with E-state index in [9.17, 15) is 9.59 Å². The smallest absolute Gasteiger partial charge is 0.339 e. The molecule has 1 aliphatic carbocycles. The Balaban J connectivity index is 0.000000259. The molecule has 0 bridgehead atoms. The number of benzene rings is 1. The molecule has 1 saturated carbocycles. The highest BCUT2D eigenvalue weighted by molar-refractivity contribution is 6.03. The van der Waals surface area contributed by atoms with Crippen LogP contribution in [0.5, 0.6) is 0 Å². The molecule has 8 nitrogen and oxygen atoms in total. The maximum atomic E-state index is 12.4. The zero-order valence-corrected chi connectivity index (χ0v) is 27.4. The largest absolute Gasteiger partial charge is 0.462 e. The Labute approximate surface area is 265 Å². The monoisotopic (exact) mass is 618 g/mol. The summed E-state index contributed by atoms with van der Waals surface area (Å²) in [4.78, 5) is 24.7. The van der Waals surface area contributed by atoms with Gasteiger partial charge in [-0.1, -0.05) is 103 Å². The second kappa shape index (κ2) is 22.5. The first-order valence-corrected chi connectivity index (χ1v) is 17.5. The van der Waals surface area contributed by atoms with Gasteiger partial charge in [0.1, 0.15) is 12.2 Å². The van der Waals surface area contributed by atoms with Crippen molar-refractivity contribution in [1.29, 1.82) is 0 Å². The highest BCUT2D eigenvalue weighted by atomic mass is 16.6. The van der Waals surface area contributed by atoms with Crippen LogP contribution in [0, 0.1) is 0 Å². The lowest BCUT2D eigenvalue weighted by Gasteiger charge is -2.10. The van der Waals surface area contributed by atoms with Gasteiger partial charge in [-0.05, 0) is 37.8 Å². The number of fused-ring (bicyclic) bond motifs is 1. The van der Waals surface area contributed by atoms with Gasteiger partial charge in [0.05, 0.1) is 63.0 Å². The molecule has 44 heavy (non-hydrogen) atoms. The van der Waals surface area contributed by atoms with E-state index in [4.69, 9.17) is 28.4 Å². The zero-order valence-electron chi connectivity index (χ0n) is 27.4. The third kappa shape index (κ3) is 16.9. The minimum atomic E-state index is -0.444. The van der Waals surface area contributed by atoms with Gasteiger partial charge in [0, 0.05) is 0 Å². The molecule has 4 atom stereocenters. The molecule has 4 aliphatic rings. The first kappa shape index (κ1) is 36.5. The molecule has 3 heterocycles. The average Bonchev–Trinajstić information content (AvgIpc) is 3.91. The number of carbonyl (C=O) groups is 2. The summed E-state index contributed by atoms with van der Waals surface area (Å²) in [5.41, 5.74) is 0.586. The first-order chi connectivity index (χ1) is 21.6. The van der Waals surface area contributed by atoms with E-state index in [0.29, 0.717) is 48.8 Å². The van der Waals surface area contributed by atoms with E-state index in [1.165, 1.54) is 77.0 Å². The van der Waals surface area contributed by atoms with Crippen LogP contribution in [0.3, 0.4) is 0 Å². The summed E-state index contributed by atoms with van der Waals surface area (Å²) in [6.07, 6.45) is 21.3. The molecule has 5 rings (SSSR count). The van der Waals surface area contributed by atoms with Crippen molar-refractivity contribution in [3.05, 3.63) is 35.4 Å². The van der Waals surface area contributed by atoms with Gasteiger partial charge in [0.15, 0.2) is 0 Å².